The maximum absolute atomic E-state index is 11.7. The summed E-state index contributed by atoms with van der Waals surface area (Å²) >= 11 is 0. The van der Waals surface area contributed by atoms with Gasteiger partial charge in [-0.1, -0.05) is 0 Å². The molecule has 1 aromatic carbocycles. The number of nitrogens with zero attached hydrogens (tertiary/aromatic N) is 3. The van der Waals surface area contributed by atoms with Gasteiger partial charge >= 0.3 is 0 Å². The van der Waals surface area contributed by atoms with Crippen LogP contribution in [0.2, 0.25) is 0 Å². The zero-order chi connectivity index (χ0) is 14.1. The van der Waals surface area contributed by atoms with Gasteiger partial charge in [0.15, 0.2) is 5.82 Å². The molecule has 7 nitrogen and oxygen atoms in total. The number of ether oxygens (including phenoxy) is 1. The Balaban J connectivity index is 1.83. The number of aromatic amines is 1. The van der Waals surface area contributed by atoms with E-state index in [1.165, 1.54) is 10.6 Å². The van der Waals surface area contributed by atoms with Crippen molar-refractivity contribution >= 4 is 11.5 Å². The Bertz CT molecular complexity index is 804. The van der Waals surface area contributed by atoms with E-state index in [0.29, 0.717) is 28.7 Å². The number of hydrogen-bond acceptors (Lipinski definition) is 5. The normalized spacial score (nSPS) is 10.8. The molecule has 0 aliphatic carbocycles. The van der Waals surface area contributed by atoms with Crippen LogP contribution in [0.5, 0.6) is 5.75 Å². The number of nitrogen functional groups attached to an aromatic ring is 1. The second-order valence-corrected chi connectivity index (χ2v) is 4.40. The Hall–Kier alpha value is -2.83. The van der Waals surface area contributed by atoms with E-state index in [1.807, 2.05) is 0 Å². The Labute approximate surface area is 114 Å². The summed E-state index contributed by atoms with van der Waals surface area (Å²) in [5.41, 5.74) is 6.71. The van der Waals surface area contributed by atoms with Crippen molar-refractivity contribution in [1.82, 2.24) is 19.6 Å². The standard InChI is InChI=1S/C13H13N5O2/c1-8-6-12(19)18-13(15-8)16-11(17-18)7-20-10-4-2-9(14)3-5-10/h2-6H,7,14H2,1H3,(H,15,16,17). The molecule has 0 fully saturated rings. The summed E-state index contributed by atoms with van der Waals surface area (Å²) in [6.07, 6.45) is 0. The molecule has 102 valence electrons. The topological polar surface area (TPSA) is 98.3 Å². The lowest BCUT2D eigenvalue weighted by molar-refractivity contribution is 0.296. The lowest BCUT2D eigenvalue weighted by atomic mass is 10.3. The van der Waals surface area contributed by atoms with Crippen LogP contribution in [0, 0.1) is 6.92 Å². The molecule has 2 heterocycles. The molecule has 0 atom stereocenters. The largest absolute Gasteiger partial charge is 0.486 e. The summed E-state index contributed by atoms with van der Waals surface area (Å²) in [5, 5.41) is 2.85. The molecule has 0 saturated heterocycles. The second-order valence-electron chi connectivity index (χ2n) is 4.40. The summed E-state index contributed by atoms with van der Waals surface area (Å²) < 4.78 is 6.84. The van der Waals surface area contributed by atoms with Gasteiger partial charge in [-0.05, 0) is 31.2 Å². The van der Waals surface area contributed by atoms with Gasteiger partial charge in [-0.3, -0.25) is 9.89 Å². The first kappa shape index (κ1) is 12.2. The molecule has 0 spiro atoms. The summed E-state index contributed by atoms with van der Waals surface area (Å²) in [7, 11) is 0. The minimum Gasteiger partial charge on any atom is -0.486 e. The minimum absolute atomic E-state index is 0.196. The van der Waals surface area contributed by atoms with Crippen LogP contribution in [-0.2, 0) is 6.61 Å². The molecule has 0 amide bonds. The number of aromatic nitrogens is 4. The van der Waals surface area contributed by atoms with Gasteiger partial charge < -0.3 is 10.5 Å². The predicted molar refractivity (Wildman–Crippen MR) is 73.5 cm³/mol. The summed E-state index contributed by atoms with van der Waals surface area (Å²) in [6.45, 7) is 1.96. The number of nitrogens with one attached hydrogen (secondary N) is 1. The third-order valence-electron chi connectivity index (χ3n) is 2.76. The molecule has 0 aliphatic heterocycles. The van der Waals surface area contributed by atoms with E-state index in [0.717, 1.165) is 0 Å². The van der Waals surface area contributed by atoms with E-state index < -0.39 is 0 Å². The quantitative estimate of drug-likeness (QED) is 0.689. The molecular formula is C13H13N5O2. The van der Waals surface area contributed by atoms with Gasteiger partial charge in [0.2, 0.25) is 0 Å². The van der Waals surface area contributed by atoms with Crippen molar-refractivity contribution in [3.63, 3.8) is 0 Å². The van der Waals surface area contributed by atoms with Crippen molar-refractivity contribution in [3.05, 3.63) is 52.2 Å². The maximum atomic E-state index is 11.7. The lowest BCUT2D eigenvalue weighted by Crippen LogP contribution is -2.14. The number of fused-ring (bicyclic) bond motifs is 1. The van der Waals surface area contributed by atoms with Crippen molar-refractivity contribution in [2.45, 2.75) is 13.5 Å². The van der Waals surface area contributed by atoms with Gasteiger partial charge in [-0.15, -0.1) is 0 Å². The van der Waals surface area contributed by atoms with Crippen LogP contribution in [0.1, 0.15) is 11.5 Å². The van der Waals surface area contributed by atoms with Crippen molar-refractivity contribution < 1.29 is 4.74 Å². The van der Waals surface area contributed by atoms with Crippen LogP contribution in [0.3, 0.4) is 0 Å². The van der Waals surface area contributed by atoms with E-state index in [2.05, 4.69) is 15.1 Å². The molecule has 0 saturated carbocycles. The molecule has 3 N–H and O–H groups in total. The monoisotopic (exact) mass is 271 g/mol. The SMILES string of the molecule is Cc1cc(=O)n2[nH]c(COc3ccc(N)cc3)nc2n1. The third-order valence-corrected chi connectivity index (χ3v) is 2.76. The van der Waals surface area contributed by atoms with Gasteiger partial charge in [0.25, 0.3) is 11.3 Å². The molecule has 0 bridgehead atoms. The van der Waals surface area contributed by atoms with Crippen molar-refractivity contribution in [1.29, 1.82) is 0 Å². The summed E-state index contributed by atoms with van der Waals surface area (Å²) in [6, 6.07) is 8.49. The smallest absolute Gasteiger partial charge is 0.274 e. The van der Waals surface area contributed by atoms with Crippen LogP contribution >= 0.6 is 0 Å². The first-order chi connectivity index (χ1) is 9.61. The molecular weight excluding hydrogens is 258 g/mol. The Morgan fingerprint density at radius 3 is 2.80 bits per heavy atom. The molecule has 20 heavy (non-hydrogen) atoms. The third kappa shape index (κ3) is 2.33. The number of benzene rings is 1. The second kappa shape index (κ2) is 4.69. The Morgan fingerprint density at radius 1 is 1.30 bits per heavy atom. The van der Waals surface area contributed by atoms with Crippen LogP contribution in [0.25, 0.3) is 5.78 Å². The minimum atomic E-state index is -0.196. The Morgan fingerprint density at radius 2 is 2.05 bits per heavy atom. The van der Waals surface area contributed by atoms with Crippen molar-refractivity contribution in [2.24, 2.45) is 0 Å². The number of rotatable bonds is 3. The number of nitrogens with two attached hydrogens (primary N) is 1. The molecule has 3 aromatic rings. The molecule has 0 unspecified atom stereocenters. The molecule has 3 rings (SSSR count). The number of anilines is 1. The van der Waals surface area contributed by atoms with E-state index >= 15 is 0 Å². The fourth-order valence-corrected chi connectivity index (χ4v) is 1.82. The van der Waals surface area contributed by atoms with Gasteiger partial charge in [0.1, 0.15) is 12.4 Å². The van der Waals surface area contributed by atoms with Gasteiger partial charge in [0.05, 0.1) is 0 Å². The zero-order valence-corrected chi connectivity index (χ0v) is 10.8. The highest BCUT2D eigenvalue weighted by molar-refractivity contribution is 5.41. The predicted octanol–water partition coefficient (Wildman–Crippen LogP) is 0.887. The number of aryl methyl sites for hydroxylation is 1. The van der Waals surface area contributed by atoms with E-state index in [4.69, 9.17) is 10.5 Å². The molecule has 0 radical (unpaired) electrons. The highest BCUT2D eigenvalue weighted by Crippen LogP contribution is 2.14. The fraction of sp³-hybridized carbons (Fsp3) is 0.154. The number of hydrogen-bond donors (Lipinski definition) is 2. The van der Waals surface area contributed by atoms with Crippen molar-refractivity contribution in [2.75, 3.05) is 5.73 Å². The molecule has 7 heteroatoms. The van der Waals surface area contributed by atoms with Crippen LogP contribution in [0.4, 0.5) is 5.69 Å². The van der Waals surface area contributed by atoms with Gasteiger partial charge in [0, 0.05) is 17.4 Å². The van der Waals surface area contributed by atoms with Crippen LogP contribution in [-0.4, -0.2) is 19.6 Å². The number of H-pyrrole nitrogens is 1. The highest BCUT2D eigenvalue weighted by atomic mass is 16.5. The van der Waals surface area contributed by atoms with E-state index in [-0.39, 0.29) is 12.2 Å². The molecule has 0 aliphatic rings. The lowest BCUT2D eigenvalue weighted by Gasteiger charge is -2.03. The fourth-order valence-electron chi connectivity index (χ4n) is 1.82. The summed E-state index contributed by atoms with van der Waals surface area (Å²) in [4.78, 5) is 20.1. The summed E-state index contributed by atoms with van der Waals surface area (Å²) in [5.74, 6) is 1.54. The van der Waals surface area contributed by atoms with Crippen molar-refractivity contribution in [3.8, 4) is 5.75 Å². The molecule has 2 aromatic heterocycles. The van der Waals surface area contributed by atoms with Crippen LogP contribution < -0.4 is 16.0 Å². The zero-order valence-electron chi connectivity index (χ0n) is 10.8. The average Bonchev–Trinajstić information content (AvgIpc) is 2.81. The van der Waals surface area contributed by atoms with E-state index in [1.54, 1.807) is 31.2 Å². The first-order valence-corrected chi connectivity index (χ1v) is 6.05. The first-order valence-electron chi connectivity index (χ1n) is 6.05. The van der Waals surface area contributed by atoms with Crippen LogP contribution in [0.15, 0.2) is 35.1 Å². The van der Waals surface area contributed by atoms with E-state index in [9.17, 15) is 4.79 Å². The highest BCUT2D eigenvalue weighted by Gasteiger charge is 2.06. The Kier molecular flexibility index (Phi) is 2.86. The van der Waals surface area contributed by atoms with Gasteiger partial charge in [-0.25, -0.2) is 4.98 Å². The van der Waals surface area contributed by atoms with Gasteiger partial charge in [-0.2, -0.15) is 9.50 Å². The maximum Gasteiger partial charge on any atom is 0.274 e. The average molecular weight is 271 g/mol.